The lowest BCUT2D eigenvalue weighted by atomic mass is 10.2. The number of amides is 1. The Morgan fingerprint density at radius 1 is 1.30 bits per heavy atom. The Labute approximate surface area is 159 Å². The van der Waals surface area contributed by atoms with Crippen LogP contribution in [0.25, 0.3) is 11.0 Å². The molecule has 0 saturated carbocycles. The smallest absolute Gasteiger partial charge is 0.291 e. The summed E-state index contributed by atoms with van der Waals surface area (Å²) in [6, 6.07) is 10.6. The van der Waals surface area contributed by atoms with E-state index in [0.717, 1.165) is 5.76 Å². The van der Waals surface area contributed by atoms with Gasteiger partial charge in [0.1, 0.15) is 12.3 Å². The number of hydrogen-bond donors (Lipinski definition) is 1. The standard InChI is InChI=1S/C18H20F2N4O2S/c1-23(2)14(15-8-5-9-26-15)10-21-16(25)11-24-13-7-4-3-6-12(13)22-18(24)27-17(19)20/h3-9,14,17H,10-11H2,1-2H3,(H,21,25). The molecule has 0 aliphatic heterocycles. The minimum absolute atomic E-state index is 0.0894. The van der Waals surface area contributed by atoms with Gasteiger partial charge in [-0.25, -0.2) is 4.98 Å². The van der Waals surface area contributed by atoms with Gasteiger partial charge in [0.25, 0.3) is 5.76 Å². The van der Waals surface area contributed by atoms with Gasteiger partial charge in [-0.1, -0.05) is 12.1 Å². The summed E-state index contributed by atoms with van der Waals surface area (Å²) in [5, 5.41) is 2.97. The molecule has 9 heteroatoms. The van der Waals surface area contributed by atoms with E-state index in [1.807, 2.05) is 25.1 Å². The number of hydrogen-bond acceptors (Lipinski definition) is 5. The maximum Gasteiger partial charge on any atom is 0.291 e. The van der Waals surface area contributed by atoms with Gasteiger partial charge in [0.2, 0.25) is 5.91 Å². The van der Waals surface area contributed by atoms with E-state index in [9.17, 15) is 13.6 Å². The van der Waals surface area contributed by atoms with Crippen LogP contribution in [-0.4, -0.2) is 46.8 Å². The highest BCUT2D eigenvalue weighted by Crippen LogP contribution is 2.28. The van der Waals surface area contributed by atoms with Gasteiger partial charge in [-0.3, -0.25) is 9.69 Å². The first-order valence-corrected chi connectivity index (χ1v) is 9.20. The number of para-hydroxylation sites is 2. The van der Waals surface area contributed by atoms with Crippen molar-refractivity contribution in [2.45, 2.75) is 23.5 Å². The SMILES string of the molecule is CN(C)C(CNC(=O)Cn1c(SC(F)F)nc2ccccc21)c1ccco1. The fourth-order valence-electron chi connectivity index (χ4n) is 2.80. The van der Waals surface area contributed by atoms with Crippen LogP contribution in [0.1, 0.15) is 11.8 Å². The molecule has 2 aromatic heterocycles. The number of carbonyl (C=O) groups excluding carboxylic acids is 1. The Balaban J connectivity index is 1.73. The molecule has 27 heavy (non-hydrogen) atoms. The molecule has 0 aliphatic rings. The number of likely N-dealkylation sites (N-methyl/N-ethyl adjacent to an activating group) is 1. The Kier molecular flexibility index (Phi) is 6.12. The van der Waals surface area contributed by atoms with Crippen molar-refractivity contribution in [3.05, 3.63) is 48.4 Å². The van der Waals surface area contributed by atoms with Crippen LogP contribution in [0.2, 0.25) is 0 Å². The predicted octanol–water partition coefficient (Wildman–Crippen LogP) is 3.36. The maximum atomic E-state index is 12.9. The van der Waals surface area contributed by atoms with Crippen molar-refractivity contribution in [3.63, 3.8) is 0 Å². The third kappa shape index (κ3) is 4.67. The third-order valence-electron chi connectivity index (χ3n) is 4.10. The lowest BCUT2D eigenvalue weighted by molar-refractivity contribution is -0.122. The molecule has 0 bridgehead atoms. The average Bonchev–Trinajstić information content (AvgIpc) is 3.24. The zero-order valence-electron chi connectivity index (χ0n) is 14.9. The normalized spacial score (nSPS) is 12.8. The van der Waals surface area contributed by atoms with Crippen LogP contribution < -0.4 is 5.32 Å². The summed E-state index contributed by atoms with van der Waals surface area (Å²) in [5.41, 5.74) is 1.22. The highest BCUT2D eigenvalue weighted by Gasteiger charge is 2.20. The third-order valence-corrected chi connectivity index (χ3v) is 4.80. The Morgan fingerprint density at radius 2 is 2.07 bits per heavy atom. The molecule has 0 fully saturated rings. The largest absolute Gasteiger partial charge is 0.468 e. The molecule has 0 radical (unpaired) electrons. The van der Waals surface area contributed by atoms with Crippen LogP contribution in [-0.2, 0) is 11.3 Å². The van der Waals surface area contributed by atoms with E-state index < -0.39 is 5.76 Å². The van der Waals surface area contributed by atoms with Crippen molar-refractivity contribution in [3.8, 4) is 0 Å². The zero-order chi connectivity index (χ0) is 19.4. The Hall–Kier alpha value is -2.39. The maximum absolute atomic E-state index is 12.9. The molecule has 144 valence electrons. The molecular weight excluding hydrogens is 374 g/mol. The molecule has 3 rings (SSSR count). The summed E-state index contributed by atoms with van der Waals surface area (Å²) in [6.07, 6.45) is 1.58. The Bertz CT molecular complexity index is 896. The van der Waals surface area contributed by atoms with Crippen LogP contribution in [0.4, 0.5) is 8.78 Å². The molecule has 1 atom stereocenters. The topological polar surface area (TPSA) is 63.3 Å². The first-order chi connectivity index (χ1) is 13.0. The molecule has 0 aliphatic carbocycles. The number of fused-ring (bicyclic) bond motifs is 1. The summed E-state index contributed by atoms with van der Waals surface area (Å²) in [4.78, 5) is 18.6. The molecular formula is C18H20F2N4O2S. The van der Waals surface area contributed by atoms with Gasteiger partial charge in [-0.2, -0.15) is 8.78 Å². The van der Waals surface area contributed by atoms with Crippen LogP contribution >= 0.6 is 11.8 Å². The van der Waals surface area contributed by atoms with Crippen LogP contribution in [0, 0.1) is 0 Å². The highest BCUT2D eigenvalue weighted by atomic mass is 32.2. The highest BCUT2D eigenvalue weighted by molar-refractivity contribution is 7.99. The number of furan rings is 1. The molecule has 1 amide bonds. The monoisotopic (exact) mass is 394 g/mol. The van der Waals surface area contributed by atoms with Gasteiger partial charge in [-0.15, -0.1) is 0 Å². The molecule has 6 nitrogen and oxygen atoms in total. The van der Waals surface area contributed by atoms with Gasteiger partial charge in [0.05, 0.1) is 23.3 Å². The van der Waals surface area contributed by atoms with E-state index >= 15 is 0 Å². The van der Waals surface area contributed by atoms with Crippen molar-refractivity contribution in [2.75, 3.05) is 20.6 Å². The summed E-state index contributed by atoms with van der Waals surface area (Å²) in [7, 11) is 3.78. The first-order valence-electron chi connectivity index (χ1n) is 8.32. The van der Waals surface area contributed by atoms with Gasteiger partial charge in [0, 0.05) is 6.54 Å². The van der Waals surface area contributed by atoms with Crippen molar-refractivity contribution < 1.29 is 18.0 Å². The predicted molar refractivity (Wildman–Crippen MR) is 99.7 cm³/mol. The minimum Gasteiger partial charge on any atom is -0.468 e. The van der Waals surface area contributed by atoms with Crippen LogP contribution in [0.5, 0.6) is 0 Å². The number of thioether (sulfide) groups is 1. The summed E-state index contributed by atoms with van der Waals surface area (Å²) >= 11 is 0.335. The molecule has 0 saturated heterocycles. The minimum atomic E-state index is -2.61. The van der Waals surface area contributed by atoms with Crippen LogP contribution in [0.15, 0.2) is 52.2 Å². The van der Waals surface area contributed by atoms with Gasteiger partial charge in [-0.05, 0) is 50.1 Å². The van der Waals surface area contributed by atoms with Crippen molar-refractivity contribution in [1.29, 1.82) is 0 Å². The van der Waals surface area contributed by atoms with E-state index in [0.29, 0.717) is 29.3 Å². The number of nitrogens with one attached hydrogen (secondary N) is 1. The van der Waals surface area contributed by atoms with Crippen LogP contribution in [0.3, 0.4) is 0 Å². The van der Waals surface area contributed by atoms with E-state index in [1.54, 1.807) is 36.6 Å². The molecule has 0 spiro atoms. The first kappa shape index (κ1) is 19.4. The second-order valence-corrected chi connectivity index (χ2v) is 7.10. The van der Waals surface area contributed by atoms with E-state index in [1.165, 1.54) is 4.57 Å². The number of aromatic nitrogens is 2. The number of imidazole rings is 1. The zero-order valence-corrected chi connectivity index (χ0v) is 15.7. The van der Waals surface area contributed by atoms with E-state index in [2.05, 4.69) is 10.3 Å². The second-order valence-electron chi connectivity index (χ2n) is 6.15. The van der Waals surface area contributed by atoms with Crippen molar-refractivity contribution in [2.24, 2.45) is 0 Å². The average molecular weight is 394 g/mol. The molecule has 2 heterocycles. The number of benzene rings is 1. The van der Waals surface area contributed by atoms with Crippen molar-refractivity contribution >= 4 is 28.7 Å². The van der Waals surface area contributed by atoms with Crippen molar-refractivity contribution in [1.82, 2.24) is 19.8 Å². The molecule has 1 aromatic carbocycles. The van der Waals surface area contributed by atoms with E-state index in [-0.39, 0.29) is 23.7 Å². The number of nitrogens with zero attached hydrogens (tertiary/aromatic N) is 3. The lowest BCUT2D eigenvalue weighted by Gasteiger charge is -2.22. The summed E-state index contributed by atoms with van der Waals surface area (Å²) in [6.45, 7) is 0.247. The van der Waals surface area contributed by atoms with Gasteiger partial charge < -0.3 is 14.3 Å². The lowest BCUT2D eigenvalue weighted by Crippen LogP contribution is -2.36. The number of carbonyl (C=O) groups is 1. The van der Waals surface area contributed by atoms with Gasteiger partial charge in [0.15, 0.2) is 5.16 Å². The summed E-state index contributed by atoms with van der Waals surface area (Å²) in [5.74, 6) is -2.16. The molecule has 3 aromatic rings. The number of rotatable bonds is 8. The van der Waals surface area contributed by atoms with Gasteiger partial charge >= 0.3 is 0 Å². The molecule has 1 unspecified atom stereocenters. The summed E-state index contributed by atoms with van der Waals surface area (Å²) < 4.78 is 32.7. The number of halogens is 2. The van der Waals surface area contributed by atoms with E-state index in [4.69, 9.17) is 4.42 Å². The quantitative estimate of drug-likeness (QED) is 0.594. The fourth-order valence-corrected chi connectivity index (χ4v) is 3.40. The number of alkyl halides is 2. The fraction of sp³-hybridized carbons (Fsp3) is 0.333. The molecule has 1 N–H and O–H groups in total. The second kappa shape index (κ2) is 8.53. The Morgan fingerprint density at radius 3 is 2.74 bits per heavy atom.